The van der Waals surface area contributed by atoms with Crippen LogP contribution in [-0.2, 0) is 14.3 Å². The van der Waals surface area contributed by atoms with E-state index in [1.807, 2.05) is 13.8 Å². The molecule has 0 saturated carbocycles. The molecule has 6 heteroatoms. The van der Waals surface area contributed by atoms with Crippen molar-refractivity contribution in [1.29, 1.82) is 0 Å². The van der Waals surface area contributed by atoms with E-state index in [1.54, 1.807) is 25.1 Å². The quantitative estimate of drug-likeness (QED) is 0.776. The van der Waals surface area contributed by atoms with Crippen molar-refractivity contribution in [3.05, 3.63) is 28.8 Å². The van der Waals surface area contributed by atoms with Crippen LogP contribution in [0.4, 0.5) is 5.69 Å². The number of hydrogen-bond acceptors (Lipinski definition) is 4. The minimum Gasteiger partial charge on any atom is -0.465 e. The molecule has 1 amide bonds. The predicted octanol–water partition coefficient (Wildman–Crippen LogP) is 3.66. The Morgan fingerprint density at radius 3 is 2.67 bits per heavy atom. The highest BCUT2D eigenvalue weighted by molar-refractivity contribution is 8.01. The number of nitrogens with one attached hydrogen (secondary N) is 1. The van der Waals surface area contributed by atoms with Gasteiger partial charge in [0.25, 0.3) is 0 Å². The Morgan fingerprint density at radius 1 is 1.38 bits per heavy atom. The molecule has 0 aromatic heterocycles. The van der Waals surface area contributed by atoms with E-state index in [0.717, 1.165) is 11.3 Å². The number of carbonyl (C=O) groups is 2. The third-order valence-electron chi connectivity index (χ3n) is 2.80. The van der Waals surface area contributed by atoms with E-state index in [9.17, 15) is 9.59 Å². The Morgan fingerprint density at radius 2 is 2.10 bits per heavy atom. The lowest BCUT2D eigenvalue weighted by Gasteiger charge is -2.13. The zero-order valence-corrected chi connectivity index (χ0v) is 14.0. The fourth-order valence-electron chi connectivity index (χ4n) is 1.72. The van der Waals surface area contributed by atoms with Crippen LogP contribution in [0.1, 0.15) is 25.8 Å². The molecular formula is C15H20ClNO3S. The number of anilines is 1. The molecule has 0 radical (unpaired) electrons. The third kappa shape index (κ3) is 5.98. The van der Waals surface area contributed by atoms with Gasteiger partial charge >= 0.3 is 5.97 Å². The molecule has 4 nitrogen and oxygen atoms in total. The fourth-order valence-corrected chi connectivity index (χ4v) is 2.81. The number of thioether (sulfide) groups is 1. The number of benzene rings is 1. The summed E-state index contributed by atoms with van der Waals surface area (Å²) < 4.78 is 4.97. The molecular weight excluding hydrogens is 310 g/mol. The Kier molecular flexibility index (Phi) is 7.61. The number of aryl methyl sites for hydroxylation is 1. The molecule has 1 rings (SSSR count). The zero-order valence-electron chi connectivity index (χ0n) is 12.4. The Balaban J connectivity index is 2.51. The molecule has 0 bridgehead atoms. The predicted molar refractivity (Wildman–Crippen MR) is 88.0 cm³/mol. The lowest BCUT2D eigenvalue weighted by Crippen LogP contribution is -2.23. The molecule has 0 spiro atoms. The molecule has 1 aromatic carbocycles. The second kappa shape index (κ2) is 8.95. The summed E-state index contributed by atoms with van der Waals surface area (Å²) in [6.07, 6.45) is 0.636. The van der Waals surface area contributed by atoms with Gasteiger partial charge in [-0.2, -0.15) is 0 Å². The first kappa shape index (κ1) is 17.9. The summed E-state index contributed by atoms with van der Waals surface area (Å²) in [6, 6.07) is 5.28. The maximum atomic E-state index is 11.9. The molecule has 0 heterocycles. The molecule has 0 aliphatic rings. The minimum absolute atomic E-state index is 0.145. The molecule has 1 unspecified atom stereocenters. The van der Waals surface area contributed by atoms with E-state index < -0.39 is 0 Å². The summed E-state index contributed by atoms with van der Waals surface area (Å²) in [4.78, 5) is 23.6. The summed E-state index contributed by atoms with van der Waals surface area (Å²) >= 11 is 7.16. The van der Waals surface area contributed by atoms with E-state index in [4.69, 9.17) is 16.3 Å². The van der Waals surface area contributed by atoms with Gasteiger partial charge in [0, 0.05) is 10.7 Å². The van der Waals surface area contributed by atoms with Crippen LogP contribution in [0.3, 0.4) is 0 Å². The lowest BCUT2D eigenvalue weighted by molar-refractivity contribution is -0.142. The van der Waals surface area contributed by atoms with Crippen LogP contribution >= 0.6 is 23.4 Å². The van der Waals surface area contributed by atoms with Gasteiger partial charge in [-0.1, -0.05) is 18.5 Å². The number of carbonyl (C=O) groups excluding carboxylic acids is 2. The van der Waals surface area contributed by atoms with Gasteiger partial charge in [-0.3, -0.25) is 9.59 Å². The number of hydrogen-bond donors (Lipinski definition) is 1. The largest absolute Gasteiger partial charge is 0.465 e. The van der Waals surface area contributed by atoms with Gasteiger partial charge in [-0.05, 0) is 44.0 Å². The highest BCUT2D eigenvalue weighted by atomic mass is 35.5. The van der Waals surface area contributed by atoms with Crippen LogP contribution in [0.25, 0.3) is 0 Å². The van der Waals surface area contributed by atoms with Crippen LogP contribution in [0.15, 0.2) is 18.2 Å². The summed E-state index contributed by atoms with van der Waals surface area (Å²) in [5, 5.41) is 3.15. The Hall–Kier alpha value is -1.20. The highest BCUT2D eigenvalue weighted by Gasteiger charge is 2.19. The van der Waals surface area contributed by atoms with E-state index in [1.165, 1.54) is 11.8 Å². The van der Waals surface area contributed by atoms with Gasteiger partial charge in [0.05, 0.1) is 12.4 Å². The maximum absolute atomic E-state index is 11.9. The topological polar surface area (TPSA) is 55.4 Å². The van der Waals surface area contributed by atoms with E-state index in [2.05, 4.69) is 5.32 Å². The molecule has 1 N–H and O–H groups in total. The average molecular weight is 330 g/mol. The average Bonchev–Trinajstić information content (AvgIpc) is 2.43. The zero-order chi connectivity index (χ0) is 15.8. The molecule has 21 heavy (non-hydrogen) atoms. The molecule has 116 valence electrons. The highest BCUT2D eigenvalue weighted by Crippen LogP contribution is 2.21. The standard InChI is InChI=1S/C15H20ClNO3S/c1-4-13(15(19)20-5-2)21-9-14(18)17-12-7-6-11(16)8-10(12)3/h6-8,13H,4-5,9H2,1-3H3,(H,17,18). The molecule has 1 aromatic rings. The first-order valence-electron chi connectivity index (χ1n) is 6.82. The summed E-state index contributed by atoms with van der Waals surface area (Å²) in [7, 11) is 0. The van der Waals surface area contributed by atoms with Crippen molar-refractivity contribution in [3.8, 4) is 0 Å². The van der Waals surface area contributed by atoms with E-state index in [0.29, 0.717) is 18.1 Å². The number of rotatable bonds is 7. The number of halogens is 1. The lowest BCUT2D eigenvalue weighted by atomic mass is 10.2. The summed E-state index contributed by atoms with van der Waals surface area (Å²) in [5.74, 6) is -0.201. The van der Waals surface area contributed by atoms with Gasteiger partial charge in [-0.25, -0.2) is 0 Å². The SMILES string of the molecule is CCOC(=O)C(CC)SCC(=O)Nc1ccc(Cl)cc1C. The molecule has 0 aliphatic carbocycles. The number of amides is 1. The smallest absolute Gasteiger partial charge is 0.319 e. The van der Waals surface area contributed by atoms with Crippen molar-refractivity contribution in [2.75, 3.05) is 17.7 Å². The minimum atomic E-state index is -0.304. The second-order valence-corrected chi connectivity index (χ2v) is 6.09. The van der Waals surface area contributed by atoms with Gasteiger partial charge < -0.3 is 10.1 Å². The molecule has 0 saturated heterocycles. The van der Waals surface area contributed by atoms with Crippen molar-refractivity contribution >= 4 is 40.9 Å². The van der Waals surface area contributed by atoms with Crippen LogP contribution in [-0.4, -0.2) is 29.5 Å². The monoisotopic (exact) mass is 329 g/mol. The normalized spacial score (nSPS) is 11.8. The van der Waals surface area contributed by atoms with Gasteiger partial charge in [-0.15, -0.1) is 11.8 Å². The summed E-state index contributed by atoms with van der Waals surface area (Å²) in [5.41, 5.74) is 1.63. The van der Waals surface area contributed by atoms with Crippen molar-refractivity contribution in [2.45, 2.75) is 32.4 Å². The number of esters is 1. The van der Waals surface area contributed by atoms with Gasteiger partial charge in [0.1, 0.15) is 5.25 Å². The van der Waals surface area contributed by atoms with Crippen LogP contribution in [0, 0.1) is 6.92 Å². The van der Waals surface area contributed by atoms with Crippen LogP contribution in [0.5, 0.6) is 0 Å². The first-order chi connectivity index (χ1) is 9.97. The van der Waals surface area contributed by atoms with Crippen molar-refractivity contribution in [1.82, 2.24) is 0 Å². The second-order valence-electron chi connectivity index (χ2n) is 4.47. The molecule has 0 fully saturated rings. The van der Waals surface area contributed by atoms with E-state index in [-0.39, 0.29) is 22.9 Å². The van der Waals surface area contributed by atoms with Crippen molar-refractivity contribution < 1.29 is 14.3 Å². The maximum Gasteiger partial charge on any atom is 0.319 e. The van der Waals surface area contributed by atoms with Gasteiger partial charge in [0.2, 0.25) is 5.91 Å². The van der Waals surface area contributed by atoms with Gasteiger partial charge in [0.15, 0.2) is 0 Å². The third-order valence-corrected chi connectivity index (χ3v) is 4.39. The molecule has 0 aliphatic heterocycles. The number of ether oxygens (including phenoxy) is 1. The van der Waals surface area contributed by atoms with Crippen LogP contribution < -0.4 is 5.32 Å². The summed E-state index contributed by atoms with van der Waals surface area (Å²) in [6.45, 7) is 5.90. The van der Waals surface area contributed by atoms with E-state index >= 15 is 0 Å². The first-order valence-corrected chi connectivity index (χ1v) is 8.24. The van der Waals surface area contributed by atoms with Crippen molar-refractivity contribution in [3.63, 3.8) is 0 Å². The fraction of sp³-hybridized carbons (Fsp3) is 0.467. The van der Waals surface area contributed by atoms with Crippen molar-refractivity contribution in [2.24, 2.45) is 0 Å². The van der Waals surface area contributed by atoms with Crippen LogP contribution in [0.2, 0.25) is 5.02 Å². The Labute approximate surface area is 134 Å². The Bertz CT molecular complexity index is 508. The molecule has 1 atom stereocenters.